The van der Waals surface area contributed by atoms with Gasteiger partial charge in [-0.1, -0.05) is 13.3 Å². The molecule has 0 spiro atoms. The van der Waals surface area contributed by atoms with E-state index < -0.39 is 11.7 Å². The molecule has 2 unspecified atom stereocenters. The number of hydrogen-bond donors (Lipinski definition) is 1. The summed E-state index contributed by atoms with van der Waals surface area (Å²) in [5, 5.41) is 2.90. The highest BCUT2D eigenvalue weighted by Crippen LogP contribution is 2.30. The Bertz CT molecular complexity index is 662. The maximum atomic E-state index is 12.6. The van der Waals surface area contributed by atoms with Crippen LogP contribution in [0.2, 0.25) is 0 Å². The van der Waals surface area contributed by atoms with E-state index in [1.807, 2.05) is 13.8 Å². The molecular formula is C20H27F3N2O3. The molecule has 0 bridgehead atoms. The molecular weight excluding hydrogens is 373 g/mol. The zero-order valence-electron chi connectivity index (χ0n) is 16.2. The first-order chi connectivity index (χ1) is 13.2. The van der Waals surface area contributed by atoms with Gasteiger partial charge in [-0.05, 0) is 50.5 Å². The van der Waals surface area contributed by atoms with E-state index >= 15 is 0 Å². The second-order valence-corrected chi connectivity index (χ2v) is 7.12. The largest absolute Gasteiger partial charge is 0.484 e. The first-order valence-corrected chi connectivity index (χ1v) is 9.59. The predicted octanol–water partition coefficient (Wildman–Crippen LogP) is 3.63. The molecule has 1 aliphatic heterocycles. The quantitative estimate of drug-likeness (QED) is 0.711. The Hall–Kier alpha value is -2.25. The van der Waals surface area contributed by atoms with E-state index in [1.165, 1.54) is 12.1 Å². The van der Waals surface area contributed by atoms with Crippen molar-refractivity contribution >= 4 is 11.8 Å². The average molecular weight is 400 g/mol. The number of nitrogens with one attached hydrogen (secondary N) is 1. The van der Waals surface area contributed by atoms with Crippen molar-refractivity contribution in [3.63, 3.8) is 0 Å². The van der Waals surface area contributed by atoms with Gasteiger partial charge in [0.2, 0.25) is 5.91 Å². The minimum absolute atomic E-state index is 0.0107. The molecule has 0 radical (unpaired) electrons. The normalized spacial score (nSPS) is 20.0. The van der Waals surface area contributed by atoms with E-state index in [9.17, 15) is 22.8 Å². The molecule has 8 heteroatoms. The van der Waals surface area contributed by atoms with Crippen LogP contribution in [0.3, 0.4) is 0 Å². The molecule has 156 valence electrons. The Morgan fingerprint density at radius 1 is 1.21 bits per heavy atom. The van der Waals surface area contributed by atoms with Gasteiger partial charge in [0, 0.05) is 19.1 Å². The highest BCUT2D eigenvalue weighted by atomic mass is 19.4. The number of ether oxygens (including phenoxy) is 1. The van der Waals surface area contributed by atoms with Crippen LogP contribution in [-0.2, 0) is 15.8 Å². The molecule has 1 aromatic carbocycles. The summed E-state index contributed by atoms with van der Waals surface area (Å²) in [6.07, 6.45) is -1.06. The number of piperidine rings is 1. The van der Waals surface area contributed by atoms with Crippen LogP contribution in [0.25, 0.3) is 0 Å². The van der Waals surface area contributed by atoms with Crippen LogP contribution in [0.1, 0.15) is 45.1 Å². The number of rotatable bonds is 7. The first-order valence-electron chi connectivity index (χ1n) is 9.59. The third-order valence-corrected chi connectivity index (χ3v) is 4.95. The standard InChI is InChI=1S/C20H27F3N2O3/c1-3-4-11-24-19(27)15-6-5-14(2)25(12-15)18(26)13-28-17-9-7-16(8-10-17)20(21,22)23/h7-10,14-15H,3-6,11-13H2,1-2H3,(H,24,27). The Morgan fingerprint density at radius 2 is 1.89 bits per heavy atom. The summed E-state index contributed by atoms with van der Waals surface area (Å²) in [4.78, 5) is 26.4. The summed E-state index contributed by atoms with van der Waals surface area (Å²) in [5.41, 5.74) is -0.771. The number of hydrogen-bond acceptors (Lipinski definition) is 3. The van der Waals surface area contributed by atoms with Gasteiger partial charge < -0.3 is 15.0 Å². The van der Waals surface area contributed by atoms with E-state index in [-0.39, 0.29) is 36.1 Å². The van der Waals surface area contributed by atoms with Gasteiger partial charge in [0.05, 0.1) is 11.5 Å². The van der Waals surface area contributed by atoms with E-state index in [2.05, 4.69) is 5.32 Å². The smallest absolute Gasteiger partial charge is 0.416 e. The third-order valence-electron chi connectivity index (χ3n) is 4.95. The van der Waals surface area contributed by atoms with Crippen LogP contribution in [0, 0.1) is 5.92 Å². The lowest BCUT2D eigenvalue weighted by Crippen LogP contribution is -2.50. The number of benzene rings is 1. The van der Waals surface area contributed by atoms with Crippen LogP contribution in [0.5, 0.6) is 5.75 Å². The second kappa shape index (κ2) is 9.80. The summed E-state index contributed by atoms with van der Waals surface area (Å²) >= 11 is 0. The summed E-state index contributed by atoms with van der Waals surface area (Å²) in [6.45, 7) is 4.65. The summed E-state index contributed by atoms with van der Waals surface area (Å²) in [5.74, 6) is -0.372. The van der Waals surface area contributed by atoms with Crippen LogP contribution in [0.4, 0.5) is 13.2 Å². The molecule has 1 aliphatic rings. The van der Waals surface area contributed by atoms with E-state index in [1.54, 1.807) is 4.90 Å². The Morgan fingerprint density at radius 3 is 2.50 bits per heavy atom. The van der Waals surface area contributed by atoms with Crippen LogP contribution >= 0.6 is 0 Å². The summed E-state index contributed by atoms with van der Waals surface area (Å²) < 4.78 is 43.1. The second-order valence-electron chi connectivity index (χ2n) is 7.12. The number of carbonyl (C=O) groups is 2. The van der Waals surface area contributed by atoms with Crippen molar-refractivity contribution in [1.29, 1.82) is 0 Å². The molecule has 1 saturated heterocycles. The van der Waals surface area contributed by atoms with Gasteiger partial charge >= 0.3 is 6.18 Å². The van der Waals surface area contributed by atoms with Gasteiger partial charge in [0.1, 0.15) is 5.75 Å². The van der Waals surface area contributed by atoms with Gasteiger partial charge in [-0.2, -0.15) is 13.2 Å². The van der Waals surface area contributed by atoms with Crippen LogP contribution < -0.4 is 10.1 Å². The maximum absolute atomic E-state index is 12.6. The minimum Gasteiger partial charge on any atom is -0.484 e. The molecule has 1 aromatic rings. The van der Waals surface area contributed by atoms with Gasteiger partial charge in [0.15, 0.2) is 6.61 Å². The molecule has 0 aromatic heterocycles. The molecule has 2 amide bonds. The Balaban J connectivity index is 1.88. The highest BCUT2D eigenvalue weighted by molar-refractivity contribution is 5.82. The van der Waals surface area contributed by atoms with Crippen molar-refractivity contribution < 1.29 is 27.5 Å². The zero-order chi connectivity index (χ0) is 20.7. The summed E-state index contributed by atoms with van der Waals surface area (Å²) in [6, 6.07) is 4.21. The van der Waals surface area contributed by atoms with Crippen molar-refractivity contribution in [2.75, 3.05) is 19.7 Å². The SMILES string of the molecule is CCCCNC(=O)C1CCC(C)N(C(=O)COc2ccc(C(F)(F)F)cc2)C1. The molecule has 1 heterocycles. The zero-order valence-corrected chi connectivity index (χ0v) is 16.2. The summed E-state index contributed by atoms with van der Waals surface area (Å²) in [7, 11) is 0. The molecule has 1 fully saturated rings. The molecule has 2 rings (SSSR count). The number of carbonyl (C=O) groups excluding carboxylic acids is 2. The van der Waals surface area contributed by atoms with Crippen LogP contribution in [-0.4, -0.2) is 42.5 Å². The fraction of sp³-hybridized carbons (Fsp3) is 0.600. The highest BCUT2D eigenvalue weighted by Gasteiger charge is 2.33. The van der Waals surface area contributed by atoms with Gasteiger partial charge in [0.25, 0.3) is 5.91 Å². The first kappa shape index (κ1) is 22.0. The van der Waals surface area contributed by atoms with Gasteiger partial charge in [-0.15, -0.1) is 0 Å². The number of likely N-dealkylation sites (tertiary alicyclic amines) is 1. The number of unbranched alkanes of at least 4 members (excludes halogenated alkanes) is 1. The van der Waals surface area contributed by atoms with E-state index in [4.69, 9.17) is 4.74 Å². The van der Waals surface area contributed by atoms with Gasteiger partial charge in [-0.25, -0.2) is 0 Å². The van der Waals surface area contributed by atoms with Crippen molar-refractivity contribution in [3.05, 3.63) is 29.8 Å². The van der Waals surface area contributed by atoms with Crippen molar-refractivity contribution in [3.8, 4) is 5.75 Å². The molecule has 2 atom stereocenters. The molecule has 0 saturated carbocycles. The lowest BCUT2D eigenvalue weighted by molar-refractivity contribution is -0.140. The molecule has 5 nitrogen and oxygen atoms in total. The van der Waals surface area contributed by atoms with E-state index in [0.29, 0.717) is 13.1 Å². The van der Waals surface area contributed by atoms with Crippen molar-refractivity contribution in [2.45, 2.75) is 51.7 Å². The lowest BCUT2D eigenvalue weighted by Gasteiger charge is -2.37. The minimum atomic E-state index is -4.41. The topological polar surface area (TPSA) is 58.6 Å². The molecule has 28 heavy (non-hydrogen) atoms. The predicted molar refractivity (Wildman–Crippen MR) is 98.8 cm³/mol. The average Bonchev–Trinajstić information content (AvgIpc) is 2.66. The molecule has 1 N–H and O–H groups in total. The number of nitrogens with zero attached hydrogens (tertiary/aromatic N) is 1. The van der Waals surface area contributed by atoms with Crippen molar-refractivity contribution in [1.82, 2.24) is 10.2 Å². The number of halogens is 3. The van der Waals surface area contributed by atoms with Gasteiger partial charge in [-0.3, -0.25) is 9.59 Å². The fourth-order valence-electron chi connectivity index (χ4n) is 3.17. The number of alkyl halides is 3. The van der Waals surface area contributed by atoms with E-state index in [0.717, 1.165) is 37.8 Å². The maximum Gasteiger partial charge on any atom is 0.416 e. The number of amides is 2. The van der Waals surface area contributed by atoms with Crippen LogP contribution in [0.15, 0.2) is 24.3 Å². The Labute approximate surface area is 163 Å². The van der Waals surface area contributed by atoms with Crippen molar-refractivity contribution in [2.24, 2.45) is 5.92 Å². The third kappa shape index (κ3) is 6.14. The fourth-order valence-corrected chi connectivity index (χ4v) is 3.17. The lowest BCUT2D eigenvalue weighted by atomic mass is 9.92. The Kier molecular flexibility index (Phi) is 7.71. The molecule has 0 aliphatic carbocycles. The monoisotopic (exact) mass is 400 g/mol.